The van der Waals surface area contributed by atoms with Crippen LogP contribution < -0.4 is 30.3 Å². The molecule has 0 amide bonds. The molecule has 27 heteroatoms. The summed E-state index contributed by atoms with van der Waals surface area (Å²) < 4.78 is 68.2. The van der Waals surface area contributed by atoms with Crippen molar-refractivity contribution in [2.45, 2.75) is 179 Å². The van der Waals surface area contributed by atoms with Gasteiger partial charge >= 0.3 is 0 Å². The molecule has 1 unspecified atom stereocenters. The molecule has 101 heavy (non-hydrogen) atoms. The smallest absolute Gasteiger partial charge is 0.233 e. The first-order valence-corrected chi connectivity index (χ1v) is 33.6. The van der Waals surface area contributed by atoms with Gasteiger partial charge in [-0.3, -0.25) is 13.8 Å². The monoisotopic (exact) mass is 1380 g/mol. The highest BCUT2D eigenvalue weighted by atomic mass is 19.1. The molecule has 6 N–H and O–H groups in total. The number of alkyl halides is 1. The van der Waals surface area contributed by atoms with E-state index in [0.717, 1.165) is 47.4 Å². The van der Waals surface area contributed by atoms with Crippen LogP contribution in [-0.4, -0.2) is 159 Å². The molecule has 10 aromatic heterocycles. The van der Waals surface area contributed by atoms with E-state index in [0.29, 0.717) is 91.3 Å². The van der Waals surface area contributed by atoms with Crippen LogP contribution in [0.25, 0.3) is 84.2 Å². The number of aromatic hydroxyl groups is 3. The van der Waals surface area contributed by atoms with Gasteiger partial charge in [-0.2, -0.15) is 10.2 Å². The number of piperidine rings is 3. The van der Waals surface area contributed by atoms with Crippen LogP contribution in [0.1, 0.15) is 124 Å². The second-order valence-electron chi connectivity index (χ2n) is 30.4. The number of ether oxygens (including phenoxy) is 2. The standard InChI is InChI=1S/C26H29FN6O2.C25H28FN7O2.C23H29N7O/c1-25(2)11-18(12-26(3,4)32-25)35-22-7-6-20(29-30-22)24-21(34)10-16(13-28-24)15-8-17-14-33(5)31-23(17)19(27)9-15;1-14-12-33-13-16(11-28-23(33)29-14)15-8-18(34)21(27-10-15)17-6-7-20(31-30-17)35-19-9-24(2,3)32-25(4,5)22(19)26;1-22(2)10-17(11-23(28-22)7-8-23)30(4)20-6-5-18(26-27-20)21-19(31)9-15(12-24-21)16-13-25-29(3)14-16/h6-10,13-14,18,32,34H,11-12H2,1-5H3;6-8,10-13,19,22,32,34H,9H2,1-5H3;5-6,9,12-14,17,28,31H,7-8,10-11H2,1-4H3/t;19-,22-;/m.0./s1/i;;3D3. The zero-order chi connectivity index (χ0) is 74.2. The van der Waals surface area contributed by atoms with E-state index < -0.39 is 30.6 Å². The fourth-order valence-corrected chi connectivity index (χ4v) is 14.8. The summed E-state index contributed by atoms with van der Waals surface area (Å²) in [5.41, 5.74) is 6.35. The first-order chi connectivity index (χ1) is 48.9. The third kappa shape index (κ3) is 15.6. The predicted octanol–water partition coefficient (Wildman–Crippen LogP) is 11.7. The topological polar surface area (TPSA) is 300 Å². The number of aromatic nitrogens is 16. The van der Waals surface area contributed by atoms with Crippen molar-refractivity contribution in [2.75, 3.05) is 11.9 Å². The Kier molecular flexibility index (Phi) is 17.1. The van der Waals surface area contributed by atoms with Crippen LogP contribution in [0.2, 0.25) is 0 Å². The maximum absolute atomic E-state index is 15.0. The number of aryl methyl sites for hydroxylation is 3. The second-order valence-corrected chi connectivity index (χ2v) is 30.4. The average Bonchev–Trinajstić information content (AvgIpc) is 1.41. The molecule has 3 atom stereocenters. The molecule has 15 rings (SSSR count). The van der Waals surface area contributed by atoms with Crippen molar-refractivity contribution in [1.29, 1.82) is 0 Å². The van der Waals surface area contributed by atoms with Crippen molar-refractivity contribution in [3.63, 3.8) is 0 Å². The lowest BCUT2D eigenvalue weighted by atomic mass is 9.79. The second kappa shape index (κ2) is 26.4. The van der Waals surface area contributed by atoms with Crippen LogP contribution in [0.3, 0.4) is 0 Å². The summed E-state index contributed by atoms with van der Waals surface area (Å²) in [6.45, 7) is 20.4. The van der Waals surface area contributed by atoms with Crippen LogP contribution >= 0.6 is 0 Å². The van der Waals surface area contributed by atoms with Crippen molar-refractivity contribution < 1.29 is 37.7 Å². The Hall–Kier alpha value is -10.3. The van der Waals surface area contributed by atoms with Gasteiger partial charge < -0.3 is 45.6 Å². The SMILES string of the molecule is Cc1cn2cc(-c3cnc(-c4ccc(O[C@H]5CC(C)(C)NC(C)(C)[C@H]5F)nn4)c(O)c3)cnc2n1.Cn1cc2cc(-c3cnc(-c4ccc(OC5CC(C)(C)NC(C)(C)C5)nn4)c(O)c3)cc(F)c2n1.[2H]C([2H])([2H])n1cc(-c2cnc(-c3ccc(N(C)C4CC(C)(C)NC5(CC5)C4)nn3)c(O)c2)cn1. The van der Waals surface area contributed by atoms with Crippen molar-refractivity contribution in [3.05, 3.63) is 134 Å². The fraction of sp³-hybridized carbons (Fsp3) is 0.419. The Morgan fingerprint density at radius 3 is 1.65 bits per heavy atom. The highest BCUT2D eigenvalue weighted by molar-refractivity contribution is 5.85. The normalized spacial score (nSPS) is 20.5. The molecule has 4 fully saturated rings. The van der Waals surface area contributed by atoms with Crippen molar-refractivity contribution in [3.8, 4) is 96.6 Å². The average molecular weight is 1380 g/mol. The number of fused-ring (bicyclic) bond motifs is 2. The lowest BCUT2D eigenvalue weighted by Gasteiger charge is -2.48. The van der Waals surface area contributed by atoms with Crippen LogP contribution in [0.15, 0.2) is 123 Å². The number of nitrogens with zero attached hydrogens (tertiary/aromatic N) is 17. The van der Waals surface area contributed by atoms with Gasteiger partial charge in [0.25, 0.3) is 0 Å². The van der Waals surface area contributed by atoms with Crippen molar-refractivity contribution >= 4 is 22.5 Å². The van der Waals surface area contributed by atoms with E-state index in [-0.39, 0.29) is 62.6 Å². The summed E-state index contributed by atoms with van der Waals surface area (Å²) in [6, 6.07) is 18.7. The van der Waals surface area contributed by atoms with Gasteiger partial charge in [0.15, 0.2) is 17.8 Å². The van der Waals surface area contributed by atoms with Gasteiger partial charge in [-0.05, 0) is 162 Å². The molecule has 25 nitrogen and oxygen atoms in total. The molecule has 13 heterocycles. The first-order valence-electron chi connectivity index (χ1n) is 35.1. The molecule has 0 radical (unpaired) electrons. The van der Waals surface area contributed by atoms with Gasteiger partial charge in [0.05, 0.1) is 11.9 Å². The molecule has 1 spiro atoms. The summed E-state index contributed by atoms with van der Waals surface area (Å²) in [6.07, 6.45) is 19.7. The Morgan fingerprint density at radius 1 is 0.564 bits per heavy atom. The highest BCUT2D eigenvalue weighted by Gasteiger charge is 2.52. The maximum atomic E-state index is 15.0. The van der Waals surface area contributed by atoms with Gasteiger partial charge in [0.1, 0.15) is 69.1 Å². The van der Waals surface area contributed by atoms with Gasteiger partial charge in [-0.1, -0.05) is 0 Å². The maximum Gasteiger partial charge on any atom is 0.233 e. The molecule has 3 aliphatic heterocycles. The van der Waals surface area contributed by atoms with E-state index in [4.69, 9.17) is 13.6 Å². The largest absolute Gasteiger partial charge is 0.506 e. The highest BCUT2D eigenvalue weighted by Crippen LogP contribution is 2.47. The van der Waals surface area contributed by atoms with E-state index >= 15 is 4.39 Å². The Bertz CT molecular complexity index is 4950. The van der Waals surface area contributed by atoms with E-state index in [2.05, 4.69) is 135 Å². The van der Waals surface area contributed by atoms with Gasteiger partial charge in [0.2, 0.25) is 17.5 Å². The number of imidazole rings is 1. The summed E-state index contributed by atoms with van der Waals surface area (Å²) in [4.78, 5) is 24.0. The van der Waals surface area contributed by atoms with Crippen molar-refractivity contribution in [1.82, 2.24) is 95.4 Å². The van der Waals surface area contributed by atoms with Gasteiger partial charge in [0, 0.05) is 179 Å². The molecule has 0 bridgehead atoms. The number of anilines is 1. The first kappa shape index (κ1) is 65.4. The molecule has 1 aliphatic carbocycles. The van der Waals surface area contributed by atoms with Crippen LogP contribution in [-0.2, 0) is 14.0 Å². The zero-order valence-electron chi connectivity index (χ0n) is 61.8. The minimum absolute atomic E-state index is 0.0183. The minimum Gasteiger partial charge on any atom is -0.506 e. The number of hydrogen-bond acceptors (Lipinski definition) is 22. The number of rotatable bonds is 12. The summed E-state index contributed by atoms with van der Waals surface area (Å²) >= 11 is 0. The Morgan fingerprint density at radius 2 is 1.11 bits per heavy atom. The Labute approximate surface area is 588 Å². The zero-order valence-corrected chi connectivity index (χ0v) is 58.8. The predicted molar refractivity (Wildman–Crippen MR) is 380 cm³/mol. The number of pyridine rings is 3. The van der Waals surface area contributed by atoms with Gasteiger partial charge in [-0.15, -0.1) is 30.6 Å². The molecule has 11 aromatic rings. The molecule has 1 aromatic carbocycles. The lowest BCUT2D eigenvalue weighted by molar-refractivity contribution is -0.0281. The third-order valence-corrected chi connectivity index (χ3v) is 18.8. The van der Waals surface area contributed by atoms with E-state index in [9.17, 15) is 19.7 Å². The molecular formula is C74H86F2N20O5. The summed E-state index contributed by atoms with van der Waals surface area (Å²) in [5, 5.41) is 76.8. The van der Waals surface area contributed by atoms with Crippen molar-refractivity contribution in [2.24, 2.45) is 14.0 Å². The molecular weight excluding hydrogens is 1290 g/mol. The van der Waals surface area contributed by atoms with E-state index in [1.54, 1.807) is 79.1 Å². The molecule has 1 saturated carbocycles. The molecule has 526 valence electrons. The quantitative estimate of drug-likeness (QED) is 0.0662. The lowest BCUT2D eigenvalue weighted by Crippen LogP contribution is -2.66. The van der Waals surface area contributed by atoms with E-state index in [1.165, 1.54) is 37.4 Å². The molecule has 4 aliphatic rings. The number of benzene rings is 1. The van der Waals surface area contributed by atoms with Crippen LogP contribution in [0.4, 0.5) is 14.6 Å². The van der Waals surface area contributed by atoms with Crippen LogP contribution in [0, 0.1) is 12.7 Å². The number of nitrogens with one attached hydrogen (secondary N) is 3. The fourth-order valence-electron chi connectivity index (χ4n) is 14.8. The number of hydrogen-bond donors (Lipinski definition) is 6. The third-order valence-electron chi connectivity index (χ3n) is 18.8. The Balaban J connectivity index is 0.000000139. The van der Waals surface area contributed by atoms with Crippen LogP contribution in [0.5, 0.6) is 29.0 Å². The van der Waals surface area contributed by atoms with E-state index in [1.807, 2.05) is 69.6 Å². The molecule has 3 saturated heterocycles. The minimum atomic E-state index is -2.36. The summed E-state index contributed by atoms with van der Waals surface area (Å²) in [7, 11) is 3.81. The van der Waals surface area contributed by atoms with Gasteiger partial charge in [-0.25, -0.2) is 33.7 Å². The number of halogens is 2. The summed E-state index contributed by atoms with van der Waals surface area (Å²) in [5.74, 6) is 1.44.